The maximum absolute atomic E-state index is 12.9. The number of hydrogen-bond donors (Lipinski definition) is 0. The Kier molecular flexibility index (Phi) is 58.2. The van der Waals surface area contributed by atoms with E-state index in [2.05, 4.69) is 57.2 Å². The van der Waals surface area contributed by atoms with Gasteiger partial charge in [0.25, 0.3) is 0 Å². The molecule has 0 aromatic carbocycles. The van der Waals surface area contributed by atoms with Crippen LogP contribution < -0.4 is 0 Å². The highest BCUT2D eigenvalue weighted by molar-refractivity contribution is 5.71. The molecule has 1 unspecified atom stereocenters. The number of unbranched alkanes of at least 4 members (excludes halogenated alkanes) is 41. The minimum atomic E-state index is -0.767. The smallest absolute Gasteiger partial charge is 0.306 e. The first kappa shape index (κ1) is 68.6. The minimum absolute atomic E-state index is 0.0668. The molecule has 0 rings (SSSR count). The molecule has 0 heterocycles. The Balaban J connectivity index is 4.18. The van der Waals surface area contributed by atoms with Crippen LogP contribution in [0.3, 0.4) is 0 Å². The van der Waals surface area contributed by atoms with E-state index in [9.17, 15) is 14.4 Å². The van der Waals surface area contributed by atoms with Crippen molar-refractivity contribution in [3.8, 4) is 0 Å². The summed E-state index contributed by atoms with van der Waals surface area (Å²) in [5.74, 6) is -0.847. The molecule has 0 saturated heterocycles. The summed E-state index contributed by atoms with van der Waals surface area (Å²) in [6.45, 7) is 6.67. The predicted octanol–water partition coefficient (Wildman–Crippen LogP) is 21.2. The average molecular weight is 998 g/mol. The van der Waals surface area contributed by atoms with Crippen LogP contribution in [0.2, 0.25) is 0 Å². The van der Waals surface area contributed by atoms with E-state index in [1.54, 1.807) is 0 Å². The van der Waals surface area contributed by atoms with E-state index in [4.69, 9.17) is 14.2 Å². The quantitative estimate of drug-likeness (QED) is 0.0261. The average Bonchev–Trinajstić information content (AvgIpc) is 3.37. The molecule has 0 aromatic rings. The van der Waals surface area contributed by atoms with Crippen LogP contribution in [0.5, 0.6) is 0 Å². The highest BCUT2D eigenvalue weighted by atomic mass is 16.6. The van der Waals surface area contributed by atoms with Crippen LogP contribution in [0.15, 0.2) is 36.5 Å². The molecule has 0 bridgehead atoms. The van der Waals surface area contributed by atoms with Crippen molar-refractivity contribution >= 4 is 17.9 Å². The van der Waals surface area contributed by atoms with E-state index in [1.165, 1.54) is 231 Å². The highest BCUT2D eigenvalue weighted by Crippen LogP contribution is 2.17. The first-order valence-electron chi connectivity index (χ1n) is 31.5. The van der Waals surface area contributed by atoms with Gasteiger partial charge < -0.3 is 14.2 Å². The zero-order valence-corrected chi connectivity index (χ0v) is 47.8. The Morgan fingerprint density at radius 3 is 0.789 bits per heavy atom. The van der Waals surface area contributed by atoms with E-state index in [0.717, 1.165) is 70.6 Å². The topological polar surface area (TPSA) is 78.9 Å². The van der Waals surface area contributed by atoms with E-state index in [0.29, 0.717) is 19.3 Å². The Labute approximate surface area is 442 Å². The first-order chi connectivity index (χ1) is 35.0. The number of ether oxygens (including phenoxy) is 3. The van der Waals surface area contributed by atoms with Gasteiger partial charge in [0.1, 0.15) is 13.2 Å². The molecular weight excluding hydrogens is 877 g/mol. The van der Waals surface area contributed by atoms with Crippen molar-refractivity contribution < 1.29 is 28.6 Å². The minimum Gasteiger partial charge on any atom is -0.462 e. The van der Waals surface area contributed by atoms with E-state index in [-0.39, 0.29) is 31.1 Å². The lowest BCUT2D eigenvalue weighted by atomic mass is 10.0. The highest BCUT2D eigenvalue weighted by Gasteiger charge is 2.19. The largest absolute Gasteiger partial charge is 0.462 e. The molecule has 6 heteroatoms. The van der Waals surface area contributed by atoms with Gasteiger partial charge in [-0.15, -0.1) is 0 Å². The lowest BCUT2D eigenvalue weighted by Crippen LogP contribution is -2.30. The van der Waals surface area contributed by atoms with Crippen LogP contribution in [-0.4, -0.2) is 37.2 Å². The zero-order chi connectivity index (χ0) is 51.4. The monoisotopic (exact) mass is 997 g/mol. The van der Waals surface area contributed by atoms with Gasteiger partial charge >= 0.3 is 17.9 Å². The van der Waals surface area contributed by atoms with Crippen molar-refractivity contribution in [2.75, 3.05) is 13.2 Å². The summed E-state index contributed by atoms with van der Waals surface area (Å²) in [5, 5.41) is 0. The fourth-order valence-electron chi connectivity index (χ4n) is 9.39. The number of hydrogen-bond acceptors (Lipinski definition) is 6. The SMILES string of the molecule is CCCCCCC/C=C\C/C=C\C/C=C\CCCCCCCCCCCCCCC(=O)OCC(COC(=O)CCCCCCCCCCCCC)OC(=O)CCCCCCCCCCCCCCCCC. The first-order valence-corrected chi connectivity index (χ1v) is 31.5. The second-order valence-corrected chi connectivity index (χ2v) is 21.3. The lowest BCUT2D eigenvalue weighted by Gasteiger charge is -2.18. The molecule has 1 atom stereocenters. The Morgan fingerprint density at radius 1 is 0.282 bits per heavy atom. The molecule has 0 aliphatic rings. The van der Waals surface area contributed by atoms with Gasteiger partial charge in [0, 0.05) is 19.3 Å². The van der Waals surface area contributed by atoms with Crippen LogP contribution >= 0.6 is 0 Å². The van der Waals surface area contributed by atoms with Crippen LogP contribution in [0.4, 0.5) is 0 Å². The normalized spacial score (nSPS) is 12.2. The fourth-order valence-corrected chi connectivity index (χ4v) is 9.39. The van der Waals surface area contributed by atoms with E-state index < -0.39 is 6.10 Å². The molecule has 0 N–H and O–H groups in total. The van der Waals surface area contributed by atoms with Crippen molar-refractivity contribution in [2.45, 2.75) is 348 Å². The summed E-state index contributed by atoms with van der Waals surface area (Å²) in [4.78, 5) is 38.2. The predicted molar refractivity (Wildman–Crippen MR) is 307 cm³/mol. The molecule has 416 valence electrons. The summed E-state index contributed by atoms with van der Waals surface area (Å²) in [6.07, 6.45) is 72.9. The van der Waals surface area contributed by atoms with Crippen molar-refractivity contribution in [3.05, 3.63) is 36.5 Å². The molecule has 0 fully saturated rings. The number of rotatable bonds is 58. The summed E-state index contributed by atoms with van der Waals surface area (Å²) < 4.78 is 16.9. The van der Waals surface area contributed by atoms with E-state index in [1.807, 2.05) is 0 Å². The third-order valence-corrected chi connectivity index (χ3v) is 14.1. The number of carbonyl (C=O) groups is 3. The molecular formula is C65H120O6. The molecule has 71 heavy (non-hydrogen) atoms. The summed E-state index contributed by atoms with van der Waals surface area (Å²) in [5.41, 5.74) is 0. The van der Waals surface area contributed by atoms with Crippen molar-refractivity contribution in [1.29, 1.82) is 0 Å². The number of allylic oxidation sites excluding steroid dienone is 6. The van der Waals surface area contributed by atoms with Gasteiger partial charge in [-0.25, -0.2) is 0 Å². The van der Waals surface area contributed by atoms with Crippen molar-refractivity contribution in [2.24, 2.45) is 0 Å². The standard InChI is InChI=1S/C65H120O6/c1-4-7-10-13-16-19-22-24-26-27-28-29-30-31-32-33-34-35-36-37-39-40-43-46-49-52-55-58-64(67)70-61-62(60-69-63(66)57-54-51-48-45-42-21-18-15-12-9-6-3)71-65(68)59-56-53-50-47-44-41-38-25-23-20-17-14-11-8-5-2/h22,24,27-28,30-31,62H,4-21,23,25-26,29,32-61H2,1-3H3/b24-22-,28-27-,31-30-. The molecule has 0 amide bonds. The third kappa shape index (κ3) is 58.4. The summed E-state index contributed by atoms with van der Waals surface area (Å²) in [6, 6.07) is 0. The fraction of sp³-hybridized carbons (Fsp3) is 0.862. The van der Waals surface area contributed by atoms with Gasteiger partial charge in [-0.3, -0.25) is 14.4 Å². The lowest BCUT2D eigenvalue weighted by molar-refractivity contribution is -0.167. The molecule has 0 aliphatic heterocycles. The Bertz CT molecular complexity index is 1190. The maximum Gasteiger partial charge on any atom is 0.306 e. The zero-order valence-electron chi connectivity index (χ0n) is 47.8. The Morgan fingerprint density at radius 2 is 0.507 bits per heavy atom. The number of carbonyl (C=O) groups excluding carboxylic acids is 3. The number of esters is 3. The molecule has 0 aromatic heterocycles. The van der Waals surface area contributed by atoms with Gasteiger partial charge in [0.05, 0.1) is 0 Å². The van der Waals surface area contributed by atoms with Crippen molar-refractivity contribution in [1.82, 2.24) is 0 Å². The van der Waals surface area contributed by atoms with Gasteiger partial charge in [0.15, 0.2) is 6.10 Å². The van der Waals surface area contributed by atoms with Crippen LogP contribution in [-0.2, 0) is 28.6 Å². The van der Waals surface area contributed by atoms with Gasteiger partial charge in [-0.05, 0) is 57.8 Å². The van der Waals surface area contributed by atoms with Crippen molar-refractivity contribution in [3.63, 3.8) is 0 Å². The molecule has 0 radical (unpaired) electrons. The molecule has 0 saturated carbocycles. The van der Waals surface area contributed by atoms with Gasteiger partial charge in [-0.1, -0.05) is 301 Å². The molecule has 6 nitrogen and oxygen atoms in total. The maximum atomic E-state index is 12.9. The molecule has 0 spiro atoms. The Hall–Kier alpha value is -2.37. The van der Waals surface area contributed by atoms with Crippen LogP contribution in [0, 0.1) is 0 Å². The summed E-state index contributed by atoms with van der Waals surface area (Å²) in [7, 11) is 0. The van der Waals surface area contributed by atoms with Crippen LogP contribution in [0.25, 0.3) is 0 Å². The van der Waals surface area contributed by atoms with Gasteiger partial charge in [-0.2, -0.15) is 0 Å². The van der Waals surface area contributed by atoms with E-state index >= 15 is 0 Å². The van der Waals surface area contributed by atoms with Crippen LogP contribution in [0.1, 0.15) is 342 Å². The second kappa shape index (κ2) is 60.2. The third-order valence-electron chi connectivity index (χ3n) is 14.1. The van der Waals surface area contributed by atoms with Gasteiger partial charge in [0.2, 0.25) is 0 Å². The molecule has 0 aliphatic carbocycles. The second-order valence-electron chi connectivity index (χ2n) is 21.3. The summed E-state index contributed by atoms with van der Waals surface area (Å²) >= 11 is 0.